The van der Waals surface area contributed by atoms with E-state index in [-0.39, 0.29) is 12.1 Å². The molecule has 1 aromatic heterocycles. The number of unbranched alkanes of at least 4 members (excludes halogenated alkanes) is 1. The summed E-state index contributed by atoms with van der Waals surface area (Å²) in [5.74, 6) is 0. The summed E-state index contributed by atoms with van der Waals surface area (Å²) >= 11 is 3.51. The minimum Gasteiger partial charge on any atom is -0.385 e. The Bertz CT molecular complexity index is 998. The zero-order valence-electron chi connectivity index (χ0n) is 19.8. The third kappa shape index (κ3) is 7.09. The molecule has 2 heterocycles. The van der Waals surface area contributed by atoms with E-state index in [1.165, 1.54) is 0 Å². The van der Waals surface area contributed by atoms with Crippen molar-refractivity contribution < 1.29 is 17.9 Å². The van der Waals surface area contributed by atoms with E-state index in [1.54, 1.807) is 23.5 Å². The SMILES string of the molecule is COCCCCc1nc(C)ccc1COC1CCC(CBr)N(S(=O)(=O)c2ccc(C)cc2)C1. The predicted octanol–water partition coefficient (Wildman–Crippen LogP) is 4.80. The van der Waals surface area contributed by atoms with E-state index in [0.29, 0.717) is 23.4 Å². The maximum absolute atomic E-state index is 13.4. The number of pyridine rings is 1. The van der Waals surface area contributed by atoms with Crippen molar-refractivity contribution in [2.24, 2.45) is 0 Å². The fraction of sp³-hybridized carbons (Fsp3) is 0.560. The fourth-order valence-electron chi connectivity index (χ4n) is 4.13. The van der Waals surface area contributed by atoms with Crippen molar-refractivity contribution in [3.05, 3.63) is 58.9 Å². The molecule has 1 fully saturated rings. The second-order valence-electron chi connectivity index (χ2n) is 8.71. The maximum Gasteiger partial charge on any atom is 0.243 e. The molecule has 0 aliphatic carbocycles. The molecule has 1 aliphatic rings. The first kappa shape index (κ1) is 26.3. The average molecular weight is 540 g/mol. The normalized spacial score (nSPS) is 19.6. The number of piperidine rings is 1. The van der Waals surface area contributed by atoms with E-state index in [1.807, 2.05) is 32.0 Å². The summed E-state index contributed by atoms with van der Waals surface area (Å²) in [5, 5.41) is 0.609. The highest BCUT2D eigenvalue weighted by molar-refractivity contribution is 9.09. The molecule has 33 heavy (non-hydrogen) atoms. The van der Waals surface area contributed by atoms with Gasteiger partial charge in [0.2, 0.25) is 10.0 Å². The van der Waals surface area contributed by atoms with Crippen LogP contribution in [-0.4, -0.2) is 55.4 Å². The van der Waals surface area contributed by atoms with Gasteiger partial charge in [0.05, 0.1) is 17.6 Å². The number of ether oxygens (including phenoxy) is 2. The second-order valence-corrected chi connectivity index (χ2v) is 11.3. The number of aryl methyl sites for hydroxylation is 3. The Kier molecular flexibility index (Phi) is 9.88. The van der Waals surface area contributed by atoms with E-state index < -0.39 is 10.0 Å². The van der Waals surface area contributed by atoms with Gasteiger partial charge in [-0.15, -0.1) is 0 Å². The van der Waals surface area contributed by atoms with Crippen molar-refractivity contribution in [1.29, 1.82) is 0 Å². The number of rotatable bonds is 11. The number of halogens is 1. The summed E-state index contributed by atoms with van der Waals surface area (Å²) in [6.07, 6.45) is 4.33. The molecule has 2 aromatic rings. The highest BCUT2D eigenvalue weighted by atomic mass is 79.9. The Morgan fingerprint density at radius 3 is 2.55 bits per heavy atom. The molecule has 8 heteroatoms. The van der Waals surface area contributed by atoms with Crippen molar-refractivity contribution in [2.75, 3.05) is 25.6 Å². The van der Waals surface area contributed by atoms with Crippen molar-refractivity contribution in [2.45, 2.75) is 69.6 Å². The first-order chi connectivity index (χ1) is 15.8. The minimum absolute atomic E-state index is 0.0754. The van der Waals surface area contributed by atoms with Crippen LogP contribution in [0.2, 0.25) is 0 Å². The van der Waals surface area contributed by atoms with Gasteiger partial charge in [-0.3, -0.25) is 4.98 Å². The molecule has 0 amide bonds. The molecule has 1 aromatic carbocycles. The molecule has 0 saturated carbocycles. The maximum atomic E-state index is 13.4. The van der Waals surface area contributed by atoms with E-state index in [9.17, 15) is 8.42 Å². The molecular formula is C25H35BrN2O4S. The molecule has 2 atom stereocenters. The van der Waals surface area contributed by atoms with Crippen LogP contribution in [0.3, 0.4) is 0 Å². The predicted molar refractivity (Wildman–Crippen MR) is 134 cm³/mol. The van der Waals surface area contributed by atoms with Crippen LogP contribution in [0.15, 0.2) is 41.3 Å². The van der Waals surface area contributed by atoms with Crippen LogP contribution < -0.4 is 0 Å². The number of nitrogens with zero attached hydrogens (tertiary/aromatic N) is 2. The van der Waals surface area contributed by atoms with Gasteiger partial charge in [0.15, 0.2) is 0 Å². The minimum atomic E-state index is -3.59. The average Bonchev–Trinajstić information content (AvgIpc) is 2.81. The molecule has 0 radical (unpaired) electrons. The first-order valence-electron chi connectivity index (χ1n) is 11.6. The largest absolute Gasteiger partial charge is 0.385 e. The molecule has 6 nitrogen and oxygen atoms in total. The third-order valence-electron chi connectivity index (χ3n) is 6.11. The Labute approximate surface area is 206 Å². The molecule has 1 saturated heterocycles. The highest BCUT2D eigenvalue weighted by Gasteiger charge is 2.37. The number of sulfonamides is 1. The van der Waals surface area contributed by atoms with Crippen LogP contribution in [-0.2, 0) is 32.5 Å². The number of alkyl halides is 1. The van der Waals surface area contributed by atoms with Crippen LogP contribution in [0, 0.1) is 13.8 Å². The number of hydrogen-bond acceptors (Lipinski definition) is 5. The van der Waals surface area contributed by atoms with Gasteiger partial charge in [-0.05, 0) is 69.7 Å². The van der Waals surface area contributed by atoms with E-state index in [0.717, 1.165) is 61.2 Å². The van der Waals surface area contributed by atoms with E-state index in [2.05, 4.69) is 22.0 Å². The zero-order chi connectivity index (χ0) is 23.8. The Balaban J connectivity index is 1.68. The van der Waals surface area contributed by atoms with Gasteiger partial charge in [-0.2, -0.15) is 4.31 Å². The van der Waals surface area contributed by atoms with E-state index >= 15 is 0 Å². The number of aromatic nitrogens is 1. The third-order valence-corrected chi connectivity index (χ3v) is 8.79. The first-order valence-corrected chi connectivity index (χ1v) is 14.1. The van der Waals surface area contributed by atoms with E-state index in [4.69, 9.17) is 14.5 Å². The number of benzene rings is 1. The van der Waals surface area contributed by atoms with Gasteiger partial charge in [0, 0.05) is 43.0 Å². The standard InChI is InChI=1S/C25H35BrN2O4S/c1-19-7-13-24(14-8-19)33(29,30)28-17-23(12-11-22(28)16-26)32-18-21-10-9-20(2)27-25(21)6-4-5-15-31-3/h7-10,13-14,22-23H,4-6,11-12,15-18H2,1-3H3. The lowest BCUT2D eigenvalue weighted by Gasteiger charge is -2.37. The molecule has 2 unspecified atom stereocenters. The number of hydrogen-bond donors (Lipinski definition) is 0. The van der Waals surface area contributed by atoms with Crippen molar-refractivity contribution >= 4 is 26.0 Å². The zero-order valence-corrected chi connectivity index (χ0v) is 22.2. The molecule has 0 spiro atoms. The number of methoxy groups -OCH3 is 1. The van der Waals surface area contributed by atoms with Crippen molar-refractivity contribution in [3.63, 3.8) is 0 Å². The second kappa shape index (κ2) is 12.4. The van der Waals surface area contributed by atoms with Crippen LogP contribution in [0.25, 0.3) is 0 Å². The Morgan fingerprint density at radius 1 is 1.09 bits per heavy atom. The Hall–Kier alpha value is -1.32. The van der Waals surface area contributed by atoms with Gasteiger partial charge in [-0.1, -0.05) is 39.7 Å². The lowest BCUT2D eigenvalue weighted by molar-refractivity contribution is -0.00206. The molecule has 3 rings (SSSR count). The van der Waals surface area contributed by atoms with Gasteiger partial charge in [-0.25, -0.2) is 8.42 Å². The molecular weight excluding hydrogens is 504 g/mol. The summed E-state index contributed by atoms with van der Waals surface area (Å²) in [6, 6.07) is 11.1. The van der Waals surface area contributed by atoms with Crippen LogP contribution in [0.1, 0.15) is 48.2 Å². The summed E-state index contributed by atoms with van der Waals surface area (Å²) < 4.78 is 39.8. The fourth-order valence-corrected chi connectivity index (χ4v) is 6.68. The summed E-state index contributed by atoms with van der Waals surface area (Å²) in [5.41, 5.74) is 4.17. The lowest BCUT2D eigenvalue weighted by Crippen LogP contribution is -2.50. The quantitative estimate of drug-likeness (QED) is 0.303. The smallest absolute Gasteiger partial charge is 0.243 e. The van der Waals surface area contributed by atoms with Gasteiger partial charge in [0.25, 0.3) is 0 Å². The lowest BCUT2D eigenvalue weighted by atomic mass is 10.0. The van der Waals surface area contributed by atoms with Gasteiger partial charge >= 0.3 is 0 Å². The van der Waals surface area contributed by atoms with Crippen molar-refractivity contribution in [1.82, 2.24) is 9.29 Å². The van der Waals surface area contributed by atoms with Crippen LogP contribution in [0.4, 0.5) is 0 Å². The topological polar surface area (TPSA) is 68.7 Å². The Morgan fingerprint density at radius 2 is 1.85 bits per heavy atom. The van der Waals surface area contributed by atoms with Crippen LogP contribution >= 0.6 is 15.9 Å². The van der Waals surface area contributed by atoms with Gasteiger partial charge in [0.1, 0.15) is 0 Å². The molecule has 1 aliphatic heterocycles. The monoisotopic (exact) mass is 538 g/mol. The summed E-state index contributed by atoms with van der Waals surface area (Å²) in [4.78, 5) is 5.06. The molecule has 182 valence electrons. The molecule has 0 bridgehead atoms. The van der Waals surface area contributed by atoms with Crippen LogP contribution in [0.5, 0.6) is 0 Å². The summed E-state index contributed by atoms with van der Waals surface area (Å²) in [7, 11) is -1.87. The highest BCUT2D eigenvalue weighted by Crippen LogP contribution is 2.28. The van der Waals surface area contributed by atoms with Crippen molar-refractivity contribution in [3.8, 4) is 0 Å². The molecule has 0 N–H and O–H groups in total. The summed E-state index contributed by atoms with van der Waals surface area (Å²) in [6.45, 7) is 5.50. The van der Waals surface area contributed by atoms with Gasteiger partial charge < -0.3 is 9.47 Å².